The second kappa shape index (κ2) is 6.40. The minimum Gasteiger partial charge on any atom is -0.444 e. The predicted molar refractivity (Wildman–Crippen MR) is 80.7 cm³/mol. The second-order valence-corrected chi connectivity index (χ2v) is 6.30. The first-order valence-electron chi connectivity index (χ1n) is 5.91. The van der Waals surface area contributed by atoms with Gasteiger partial charge in [0.1, 0.15) is 11.8 Å². The Morgan fingerprint density at radius 2 is 2.28 bits per heavy atom. The highest BCUT2D eigenvalue weighted by Gasteiger charge is 2.32. The van der Waals surface area contributed by atoms with Crippen molar-refractivity contribution in [2.75, 3.05) is 6.54 Å². The maximum Gasteiger partial charge on any atom is 0.411 e. The maximum absolute atomic E-state index is 12.0. The Bertz CT molecular complexity index is 350. The molecule has 0 aromatic heterocycles. The summed E-state index contributed by atoms with van der Waals surface area (Å²) in [5, 5.41) is 3.24. The van der Waals surface area contributed by atoms with Crippen molar-refractivity contribution in [1.82, 2.24) is 10.2 Å². The topological polar surface area (TPSA) is 53.9 Å². The van der Waals surface area contributed by atoms with Crippen LogP contribution in [0.1, 0.15) is 33.6 Å². The molecular formula is C12H20IN3O2. The van der Waals surface area contributed by atoms with Gasteiger partial charge in [-0.2, -0.15) is 0 Å². The number of rotatable bonds is 3. The molecule has 0 radical (unpaired) electrons. The van der Waals surface area contributed by atoms with E-state index in [1.165, 1.54) is 0 Å². The molecule has 1 aliphatic rings. The number of amides is 1. The van der Waals surface area contributed by atoms with Gasteiger partial charge in [-0.1, -0.05) is 0 Å². The van der Waals surface area contributed by atoms with Crippen LogP contribution in [0.3, 0.4) is 0 Å². The highest BCUT2D eigenvalue weighted by Crippen LogP contribution is 2.20. The lowest BCUT2D eigenvalue weighted by Gasteiger charge is -2.29. The third-order valence-corrected chi connectivity index (χ3v) is 2.98. The number of hydrogen-bond acceptors (Lipinski definition) is 4. The highest BCUT2D eigenvalue weighted by atomic mass is 127. The van der Waals surface area contributed by atoms with Gasteiger partial charge in [0.25, 0.3) is 0 Å². The van der Waals surface area contributed by atoms with Crippen molar-refractivity contribution >= 4 is 35.4 Å². The molecule has 1 fully saturated rings. The lowest BCUT2D eigenvalue weighted by Crippen LogP contribution is -2.45. The van der Waals surface area contributed by atoms with Crippen LogP contribution in [-0.2, 0) is 4.74 Å². The largest absolute Gasteiger partial charge is 0.444 e. The summed E-state index contributed by atoms with van der Waals surface area (Å²) in [6, 6.07) is 0. The van der Waals surface area contributed by atoms with Gasteiger partial charge in [0.05, 0.1) is 9.90 Å². The Balaban J connectivity index is 2.62. The molecule has 1 amide bonds. The Morgan fingerprint density at radius 3 is 2.83 bits per heavy atom. The van der Waals surface area contributed by atoms with Crippen LogP contribution in [-0.4, -0.2) is 36.0 Å². The Hall–Kier alpha value is -0.790. The summed E-state index contributed by atoms with van der Waals surface area (Å²) in [6.07, 6.45) is 3.23. The molecule has 6 heteroatoms. The maximum atomic E-state index is 12.0. The number of nitrogens with one attached hydrogen (secondary N) is 1. The van der Waals surface area contributed by atoms with Gasteiger partial charge in [0, 0.05) is 6.54 Å². The molecule has 0 aromatic carbocycles. The van der Waals surface area contributed by atoms with E-state index >= 15 is 0 Å². The van der Waals surface area contributed by atoms with Gasteiger partial charge >= 0.3 is 6.09 Å². The van der Waals surface area contributed by atoms with Crippen LogP contribution < -0.4 is 5.32 Å². The minimum atomic E-state index is -0.462. The van der Waals surface area contributed by atoms with Crippen LogP contribution in [0.5, 0.6) is 0 Å². The summed E-state index contributed by atoms with van der Waals surface area (Å²) in [7, 11) is 0. The molecule has 1 heterocycles. The van der Waals surface area contributed by atoms with Crippen molar-refractivity contribution < 1.29 is 9.53 Å². The average molecular weight is 365 g/mol. The van der Waals surface area contributed by atoms with Crippen molar-refractivity contribution in [3.05, 3.63) is 9.90 Å². The number of aliphatic imine (C=N–C) groups is 1. The number of carbonyl (C=O) groups excluding carboxylic acids is 1. The van der Waals surface area contributed by atoms with E-state index in [-0.39, 0.29) is 12.3 Å². The van der Waals surface area contributed by atoms with Crippen molar-refractivity contribution in [2.24, 2.45) is 4.99 Å². The van der Waals surface area contributed by atoms with Crippen LogP contribution >= 0.6 is 22.6 Å². The number of carbonyl (C=O) groups is 1. The molecule has 0 aliphatic carbocycles. The van der Waals surface area contributed by atoms with Crippen molar-refractivity contribution in [3.8, 4) is 0 Å². The molecule has 5 nitrogen and oxygen atoms in total. The second-order valence-electron chi connectivity index (χ2n) is 5.14. The van der Waals surface area contributed by atoms with Crippen molar-refractivity contribution in [3.63, 3.8) is 0 Å². The van der Waals surface area contributed by atoms with Gasteiger partial charge in [0.2, 0.25) is 0 Å². The van der Waals surface area contributed by atoms with E-state index in [1.54, 1.807) is 11.1 Å². The fourth-order valence-corrected chi connectivity index (χ4v) is 2.29. The van der Waals surface area contributed by atoms with Gasteiger partial charge in [-0.15, -0.1) is 0 Å². The number of ether oxygens (including phenoxy) is 1. The summed E-state index contributed by atoms with van der Waals surface area (Å²) < 4.78 is 6.25. The third-order valence-electron chi connectivity index (χ3n) is 2.39. The number of likely N-dealkylation sites (tertiary alicyclic amines) is 1. The molecule has 1 unspecified atom stereocenters. The zero-order chi connectivity index (χ0) is 13.8. The molecule has 102 valence electrons. The highest BCUT2D eigenvalue weighted by molar-refractivity contribution is 14.1. The fraction of sp³-hybridized carbons (Fsp3) is 0.667. The van der Waals surface area contributed by atoms with Gasteiger partial charge in [0.15, 0.2) is 0 Å². The normalized spacial score (nSPS) is 20.8. The number of halogens is 1. The smallest absolute Gasteiger partial charge is 0.411 e. The predicted octanol–water partition coefficient (Wildman–Crippen LogP) is 2.87. The van der Waals surface area contributed by atoms with E-state index in [0.717, 1.165) is 23.1 Å². The van der Waals surface area contributed by atoms with Crippen LogP contribution in [0.25, 0.3) is 0 Å². The minimum absolute atomic E-state index is 0.0234. The van der Waals surface area contributed by atoms with E-state index in [1.807, 2.05) is 20.8 Å². The summed E-state index contributed by atoms with van der Waals surface area (Å²) >= 11 is 2.13. The van der Waals surface area contributed by atoms with Crippen molar-refractivity contribution in [1.29, 1.82) is 0 Å². The van der Waals surface area contributed by atoms with Gasteiger partial charge in [-0.05, 0) is 62.9 Å². The van der Waals surface area contributed by atoms with Gasteiger partial charge in [-0.25, -0.2) is 4.79 Å². The zero-order valence-electron chi connectivity index (χ0n) is 11.1. The van der Waals surface area contributed by atoms with E-state index in [9.17, 15) is 4.79 Å². The lowest BCUT2D eigenvalue weighted by atomic mass is 10.2. The average Bonchev–Trinajstić information content (AvgIpc) is 2.63. The number of hydrogen-bond donors (Lipinski definition) is 1. The van der Waals surface area contributed by atoms with Gasteiger partial charge in [-0.3, -0.25) is 9.89 Å². The van der Waals surface area contributed by atoms with Gasteiger partial charge < -0.3 is 10.1 Å². The fourth-order valence-electron chi connectivity index (χ4n) is 1.73. The molecule has 0 aromatic rings. The molecular weight excluding hydrogens is 345 g/mol. The van der Waals surface area contributed by atoms with Crippen LogP contribution in [0.4, 0.5) is 4.79 Å². The monoisotopic (exact) mass is 365 g/mol. The molecule has 0 saturated carbocycles. The summed E-state index contributed by atoms with van der Waals surface area (Å²) in [5.74, 6) is 0. The zero-order valence-corrected chi connectivity index (χ0v) is 13.2. The first-order chi connectivity index (χ1) is 8.33. The Kier molecular flexibility index (Phi) is 5.43. The van der Waals surface area contributed by atoms with E-state index in [2.05, 4.69) is 39.6 Å². The van der Waals surface area contributed by atoms with Crippen LogP contribution in [0, 0.1) is 0 Å². The summed E-state index contributed by atoms with van der Waals surface area (Å²) in [5.41, 5.74) is -0.462. The molecule has 1 rings (SSSR count). The molecule has 1 aliphatic heterocycles. The third kappa shape index (κ3) is 4.83. The van der Waals surface area contributed by atoms with Crippen LogP contribution in [0.2, 0.25) is 0 Å². The molecule has 1 saturated heterocycles. The molecule has 18 heavy (non-hydrogen) atoms. The molecule has 0 bridgehead atoms. The summed E-state index contributed by atoms with van der Waals surface area (Å²) in [6.45, 7) is 9.73. The molecule has 1 atom stereocenters. The van der Waals surface area contributed by atoms with Crippen LogP contribution in [0.15, 0.2) is 14.9 Å². The first kappa shape index (κ1) is 15.3. The number of nitrogens with zero attached hydrogens (tertiary/aromatic N) is 2. The van der Waals surface area contributed by atoms with E-state index < -0.39 is 5.60 Å². The Labute approximate surface area is 122 Å². The first-order valence-corrected chi connectivity index (χ1v) is 6.99. The standard InChI is InChI=1S/C12H20IN3O2/c1-12(2,3)18-11(17)16-7-5-6-10(16)15-9(13)8-14-4/h8,10,15H,4-7H2,1-3H3/b9-8-. The van der Waals surface area contributed by atoms with E-state index in [0.29, 0.717) is 0 Å². The summed E-state index contributed by atoms with van der Waals surface area (Å²) in [4.78, 5) is 17.4. The lowest BCUT2D eigenvalue weighted by molar-refractivity contribution is 0.0211. The van der Waals surface area contributed by atoms with Crippen molar-refractivity contribution in [2.45, 2.75) is 45.4 Å². The molecule has 0 spiro atoms. The Morgan fingerprint density at radius 1 is 1.61 bits per heavy atom. The SMILES string of the molecule is C=N/C=C(/I)NC1CCCN1C(=O)OC(C)(C)C. The van der Waals surface area contributed by atoms with E-state index in [4.69, 9.17) is 4.74 Å². The molecule has 1 N–H and O–H groups in total. The quantitative estimate of drug-likeness (QED) is 0.475.